The van der Waals surface area contributed by atoms with Gasteiger partial charge in [0.2, 0.25) is 5.91 Å². The van der Waals surface area contributed by atoms with Gasteiger partial charge in [-0.25, -0.2) is 9.18 Å². The monoisotopic (exact) mass is 336 g/mol. The van der Waals surface area contributed by atoms with Crippen LogP contribution in [0.15, 0.2) is 18.2 Å². The lowest BCUT2D eigenvalue weighted by Crippen LogP contribution is -2.35. The molecule has 1 fully saturated rings. The average molecular weight is 336 g/mol. The first-order valence-corrected chi connectivity index (χ1v) is 8.24. The van der Waals surface area contributed by atoms with Crippen molar-refractivity contribution < 1.29 is 14.0 Å². The number of nitrogens with one attached hydrogen (secondary N) is 1. The van der Waals surface area contributed by atoms with Crippen LogP contribution in [0.4, 0.5) is 14.9 Å². The fourth-order valence-corrected chi connectivity index (χ4v) is 3.04. The Labute approximate surface area is 141 Å². The molecule has 1 aromatic carbocycles. The van der Waals surface area contributed by atoms with Gasteiger partial charge in [-0.15, -0.1) is 0 Å². The molecular weight excluding hydrogens is 311 g/mol. The van der Waals surface area contributed by atoms with E-state index in [2.05, 4.69) is 24.2 Å². The standard InChI is InChI=1S/C17H25FN4O2/c1-3-7-21(2)10-12-6-8-22(11-12)17(24)20-15-5-4-13(16(19)23)9-14(15)18/h4-5,9,12H,3,6-8,10-11H2,1-2H3,(H2,19,23)(H,20,24)/t12-/m1/s1. The van der Waals surface area contributed by atoms with Crippen molar-refractivity contribution in [1.29, 1.82) is 0 Å². The predicted molar refractivity (Wildman–Crippen MR) is 91.4 cm³/mol. The summed E-state index contributed by atoms with van der Waals surface area (Å²) in [4.78, 5) is 27.3. The van der Waals surface area contributed by atoms with E-state index in [0.717, 1.165) is 32.0 Å². The lowest BCUT2D eigenvalue weighted by atomic mass is 10.1. The number of rotatable bonds is 6. The summed E-state index contributed by atoms with van der Waals surface area (Å²) in [5.41, 5.74) is 5.23. The van der Waals surface area contributed by atoms with E-state index in [0.29, 0.717) is 19.0 Å². The van der Waals surface area contributed by atoms with Gasteiger partial charge in [-0.2, -0.15) is 0 Å². The van der Waals surface area contributed by atoms with Crippen LogP contribution < -0.4 is 11.1 Å². The number of hydrogen-bond acceptors (Lipinski definition) is 3. The van der Waals surface area contributed by atoms with E-state index in [-0.39, 0.29) is 17.3 Å². The number of primary amides is 1. The zero-order valence-electron chi connectivity index (χ0n) is 14.2. The third-order valence-electron chi connectivity index (χ3n) is 4.24. The number of hydrogen-bond donors (Lipinski definition) is 2. The van der Waals surface area contributed by atoms with Crippen LogP contribution in [0.25, 0.3) is 0 Å². The maximum atomic E-state index is 13.9. The smallest absolute Gasteiger partial charge is 0.321 e. The first-order valence-electron chi connectivity index (χ1n) is 8.24. The molecule has 0 spiro atoms. The fourth-order valence-electron chi connectivity index (χ4n) is 3.04. The molecule has 3 amide bonds. The maximum absolute atomic E-state index is 13.9. The molecule has 24 heavy (non-hydrogen) atoms. The summed E-state index contributed by atoms with van der Waals surface area (Å²) < 4.78 is 13.9. The number of amides is 3. The second-order valence-corrected chi connectivity index (χ2v) is 6.35. The van der Waals surface area contributed by atoms with Gasteiger partial charge in [-0.3, -0.25) is 4.79 Å². The molecule has 0 aliphatic carbocycles. The van der Waals surface area contributed by atoms with Crippen molar-refractivity contribution in [3.63, 3.8) is 0 Å². The zero-order chi connectivity index (χ0) is 17.7. The van der Waals surface area contributed by atoms with Crippen molar-refractivity contribution in [2.75, 3.05) is 38.5 Å². The Morgan fingerprint density at radius 2 is 2.21 bits per heavy atom. The van der Waals surface area contributed by atoms with Crippen LogP contribution in [0.1, 0.15) is 30.1 Å². The molecule has 132 valence electrons. The summed E-state index contributed by atoms with van der Waals surface area (Å²) in [6, 6.07) is 3.47. The highest BCUT2D eigenvalue weighted by molar-refractivity contribution is 5.94. The molecular formula is C17H25FN4O2. The molecule has 0 unspecified atom stereocenters. The SMILES string of the molecule is CCCN(C)C[C@H]1CCN(C(=O)Nc2ccc(C(N)=O)cc2F)C1. The number of nitrogens with two attached hydrogens (primary N) is 1. The summed E-state index contributed by atoms with van der Waals surface area (Å²) in [5, 5.41) is 2.56. The summed E-state index contributed by atoms with van der Waals surface area (Å²) >= 11 is 0. The van der Waals surface area contributed by atoms with Crippen molar-refractivity contribution in [3.05, 3.63) is 29.6 Å². The Morgan fingerprint density at radius 1 is 1.46 bits per heavy atom. The molecule has 1 aliphatic rings. The van der Waals surface area contributed by atoms with Crippen molar-refractivity contribution in [3.8, 4) is 0 Å². The second kappa shape index (κ2) is 8.10. The fraction of sp³-hybridized carbons (Fsp3) is 0.529. The van der Waals surface area contributed by atoms with Crippen LogP contribution in [-0.2, 0) is 0 Å². The first kappa shape index (κ1) is 18.2. The predicted octanol–water partition coefficient (Wildman–Crippen LogP) is 2.12. The second-order valence-electron chi connectivity index (χ2n) is 6.35. The minimum absolute atomic E-state index is 0.0524. The quantitative estimate of drug-likeness (QED) is 0.835. The summed E-state index contributed by atoms with van der Waals surface area (Å²) in [7, 11) is 2.09. The number of halogens is 1. The zero-order valence-corrected chi connectivity index (χ0v) is 14.2. The van der Waals surface area contributed by atoms with E-state index in [1.54, 1.807) is 4.90 Å². The lowest BCUT2D eigenvalue weighted by Gasteiger charge is -2.21. The molecule has 3 N–H and O–H groups in total. The van der Waals surface area contributed by atoms with Crippen LogP contribution in [0.2, 0.25) is 0 Å². The van der Waals surface area contributed by atoms with Gasteiger partial charge in [-0.05, 0) is 50.6 Å². The summed E-state index contributed by atoms with van der Waals surface area (Å²) in [6.45, 7) is 5.47. The molecule has 7 heteroatoms. The molecule has 1 aliphatic heterocycles. The largest absolute Gasteiger partial charge is 0.366 e. The van der Waals surface area contributed by atoms with Gasteiger partial charge in [0.05, 0.1) is 5.69 Å². The van der Waals surface area contributed by atoms with Crippen molar-refractivity contribution in [2.45, 2.75) is 19.8 Å². The summed E-state index contributed by atoms with van der Waals surface area (Å²) in [6.07, 6.45) is 2.05. The molecule has 0 aromatic heterocycles. The Kier molecular flexibility index (Phi) is 6.14. The van der Waals surface area contributed by atoms with Crippen LogP contribution in [0.3, 0.4) is 0 Å². The normalized spacial score (nSPS) is 17.3. The van der Waals surface area contributed by atoms with Gasteiger partial charge in [0, 0.05) is 25.2 Å². The molecule has 6 nitrogen and oxygen atoms in total. The minimum Gasteiger partial charge on any atom is -0.366 e. The highest BCUT2D eigenvalue weighted by atomic mass is 19.1. The Morgan fingerprint density at radius 3 is 2.83 bits per heavy atom. The Bertz CT molecular complexity index is 608. The Balaban J connectivity index is 1.90. The number of anilines is 1. The van der Waals surface area contributed by atoms with E-state index in [1.165, 1.54) is 12.1 Å². The van der Waals surface area contributed by atoms with Gasteiger partial charge >= 0.3 is 6.03 Å². The molecule has 1 saturated heterocycles. The van der Waals surface area contributed by atoms with Gasteiger partial charge in [0.1, 0.15) is 5.82 Å². The number of nitrogens with zero attached hydrogens (tertiary/aromatic N) is 2. The summed E-state index contributed by atoms with van der Waals surface area (Å²) in [5.74, 6) is -0.933. The van der Waals surface area contributed by atoms with Gasteiger partial charge in [0.25, 0.3) is 0 Å². The van der Waals surface area contributed by atoms with Crippen LogP contribution >= 0.6 is 0 Å². The first-order chi connectivity index (χ1) is 11.4. The van der Waals surface area contributed by atoms with E-state index in [4.69, 9.17) is 5.73 Å². The minimum atomic E-state index is -0.703. The van der Waals surface area contributed by atoms with Crippen LogP contribution in [0, 0.1) is 11.7 Å². The molecule has 0 saturated carbocycles. The number of likely N-dealkylation sites (tertiary alicyclic amines) is 1. The van der Waals surface area contributed by atoms with Crippen molar-refractivity contribution in [2.24, 2.45) is 11.7 Å². The number of carbonyl (C=O) groups is 2. The van der Waals surface area contributed by atoms with Crippen molar-refractivity contribution in [1.82, 2.24) is 9.80 Å². The average Bonchev–Trinajstić information content (AvgIpc) is 2.97. The highest BCUT2D eigenvalue weighted by Gasteiger charge is 2.27. The molecule has 1 atom stereocenters. The number of urea groups is 1. The number of benzene rings is 1. The molecule has 2 rings (SSSR count). The van der Waals surface area contributed by atoms with E-state index in [1.807, 2.05) is 0 Å². The topological polar surface area (TPSA) is 78.7 Å². The molecule has 1 heterocycles. The molecule has 0 bridgehead atoms. The highest BCUT2D eigenvalue weighted by Crippen LogP contribution is 2.20. The third-order valence-corrected chi connectivity index (χ3v) is 4.24. The van der Waals surface area contributed by atoms with Gasteiger partial charge < -0.3 is 20.9 Å². The molecule has 0 radical (unpaired) electrons. The lowest BCUT2D eigenvalue weighted by molar-refractivity contribution is 0.1000. The van der Waals surface area contributed by atoms with Crippen molar-refractivity contribution >= 4 is 17.6 Å². The number of carbonyl (C=O) groups excluding carboxylic acids is 2. The Hall–Kier alpha value is -2.15. The maximum Gasteiger partial charge on any atom is 0.321 e. The van der Waals surface area contributed by atoms with Gasteiger partial charge in [-0.1, -0.05) is 6.92 Å². The van der Waals surface area contributed by atoms with Gasteiger partial charge in [0.15, 0.2) is 0 Å². The van der Waals surface area contributed by atoms with E-state index in [9.17, 15) is 14.0 Å². The van der Waals surface area contributed by atoms with Crippen LogP contribution in [0.5, 0.6) is 0 Å². The van der Waals surface area contributed by atoms with E-state index >= 15 is 0 Å². The molecule has 1 aromatic rings. The third kappa shape index (κ3) is 4.67. The van der Waals surface area contributed by atoms with Crippen LogP contribution in [-0.4, -0.2) is 55.0 Å². The van der Waals surface area contributed by atoms with E-state index < -0.39 is 11.7 Å².